The molecule has 0 aromatic heterocycles. The molecule has 1 N–H and O–H groups in total. The van der Waals surface area contributed by atoms with Gasteiger partial charge in [0, 0.05) is 12.7 Å². The molecule has 2 rings (SSSR count). The standard InChI is InChI=1S/C13H13NO3S/c1-9(15)18-6-2-3-10-4-5-12-11(7-10)14-13(16)8-17-12/h2-5,7H,6,8H2,1H3,(H,14,16). The van der Waals surface area contributed by atoms with E-state index >= 15 is 0 Å². The van der Waals surface area contributed by atoms with Crippen LogP contribution in [-0.2, 0) is 9.59 Å². The second-order valence-corrected chi connectivity index (χ2v) is 4.99. The Morgan fingerprint density at radius 3 is 3.17 bits per heavy atom. The van der Waals surface area contributed by atoms with Crippen molar-refractivity contribution in [3.63, 3.8) is 0 Å². The summed E-state index contributed by atoms with van der Waals surface area (Å²) in [5.74, 6) is 1.19. The number of rotatable bonds is 3. The molecule has 4 nitrogen and oxygen atoms in total. The van der Waals surface area contributed by atoms with Crippen molar-refractivity contribution in [2.24, 2.45) is 0 Å². The molecule has 0 spiro atoms. The molecule has 1 heterocycles. The van der Waals surface area contributed by atoms with Crippen LogP contribution >= 0.6 is 11.8 Å². The van der Waals surface area contributed by atoms with Crippen LogP contribution in [0.3, 0.4) is 0 Å². The highest BCUT2D eigenvalue weighted by Gasteiger charge is 2.15. The summed E-state index contributed by atoms with van der Waals surface area (Å²) >= 11 is 1.26. The first-order valence-corrected chi connectivity index (χ1v) is 6.50. The van der Waals surface area contributed by atoms with Gasteiger partial charge in [-0.3, -0.25) is 9.59 Å². The Kier molecular flexibility index (Phi) is 4.04. The number of carbonyl (C=O) groups is 2. The van der Waals surface area contributed by atoms with Crippen molar-refractivity contribution in [3.05, 3.63) is 29.8 Å². The van der Waals surface area contributed by atoms with E-state index in [1.165, 1.54) is 11.8 Å². The minimum absolute atomic E-state index is 0.0669. The lowest BCUT2D eigenvalue weighted by atomic mass is 10.1. The van der Waals surface area contributed by atoms with Crippen LogP contribution in [0.5, 0.6) is 5.75 Å². The number of ether oxygens (including phenoxy) is 1. The van der Waals surface area contributed by atoms with Gasteiger partial charge in [-0.25, -0.2) is 0 Å². The average molecular weight is 263 g/mol. The van der Waals surface area contributed by atoms with Gasteiger partial charge in [-0.15, -0.1) is 0 Å². The van der Waals surface area contributed by atoms with E-state index in [4.69, 9.17) is 4.74 Å². The van der Waals surface area contributed by atoms with Gasteiger partial charge in [-0.1, -0.05) is 30.0 Å². The summed E-state index contributed by atoms with van der Waals surface area (Å²) in [6.07, 6.45) is 3.83. The van der Waals surface area contributed by atoms with Gasteiger partial charge in [0.25, 0.3) is 5.91 Å². The van der Waals surface area contributed by atoms with Crippen LogP contribution < -0.4 is 10.1 Å². The van der Waals surface area contributed by atoms with E-state index in [2.05, 4.69) is 5.32 Å². The fourth-order valence-electron chi connectivity index (χ4n) is 1.55. The third-order valence-corrected chi connectivity index (χ3v) is 3.10. The number of benzene rings is 1. The molecule has 0 unspecified atom stereocenters. The summed E-state index contributed by atoms with van der Waals surface area (Å²) in [4.78, 5) is 21.9. The Hall–Kier alpha value is -1.75. The lowest BCUT2D eigenvalue weighted by Crippen LogP contribution is -2.25. The molecule has 1 aliphatic rings. The predicted octanol–water partition coefficient (Wildman–Crippen LogP) is 2.31. The van der Waals surface area contributed by atoms with E-state index in [0.29, 0.717) is 17.2 Å². The topological polar surface area (TPSA) is 55.4 Å². The van der Waals surface area contributed by atoms with Crippen LogP contribution in [0.1, 0.15) is 12.5 Å². The summed E-state index contributed by atoms with van der Waals surface area (Å²) in [5, 5.41) is 2.85. The quantitative estimate of drug-likeness (QED) is 0.909. The van der Waals surface area contributed by atoms with Crippen LogP contribution in [0.2, 0.25) is 0 Å². The molecular weight excluding hydrogens is 250 g/mol. The molecule has 1 aliphatic heterocycles. The fraction of sp³-hybridized carbons (Fsp3) is 0.231. The zero-order valence-corrected chi connectivity index (χ0v) is 10.8. The number of hydrogen-bond acceptors (Lipinski definition) is 4. The average Bonchev–Trinajstić information content (AvgIpc) is 2.34. The van der Waals surface area contributed by atoms with Crippen LogP contribution in [-0.4, -0.2) is 23.4 Å². The van der Waals surface area contributed by atoms with E-state index in [9.17, 15) is 9.59 Å². The zero-order chi connectivity index (χ0) is 13.0. The molecule has 0 saturated carbocycles. The van der Waals surface area contributed by atoms with Crippen molar-refractivity contribution in [1.29, 1.82) is 0 Å². The van der Waals surface area contributed by atoms with Crippen molar-refractivity contribution < 1.29 is 14.3 Å². The molecule has 0 radical (unpaired) electrons. The van der Waals surface area contributed by atoms with Crippen molar-refractivity contribution in [3.8, 4) is 5.75 Å². The van der Waals surface area contributed by atoms with Gasteiger partial charge in [0.05, 0.1) is 5.69 Å². The highest BCUT2D eigenvalue weighted by Crippen LogP contribution is 2.28. The molecule has 1 amide bonds. The molecule has 5 heteroatoms. The van der Waals surface area contributed by atoms with Gasteiger partial charge < -0.3 is 10.1 Å². The minimum Gasteiger partial charge on any atom is -0.482 e. The van der Waals surface area contributed by atoms with Crippen molar-refractivity contribution in [1.82, 2.24) is 0 Å². The Bertz CT molecular complexity index is 511. The highest BCUT2D eigenvalue weighted by molar-refractivity contribution is 8.13. The maximum Gasteiger partial charge on any atom is 0.262 e. The Balaban J connectivity index is 2.04. The number of carbonyl (C=O) groups excluding carboxylic acids is 2. The third-order valence-electron chi connectivity index (χ3n) is 2.33. The van der Waals surface area contributed by atoms with Gasteiger partial charge in [0.1, 0.15) is 5.75 Å². The van der Waals surface area contributed by atoms with Crippen molar-refractivity contribution >= 4 is 34.5 Å². The molecule has 0 fully saturated rings. The number of fused-ring (bicyclic) bond motifs is 1. The molecule has 1 aromatic carbocycles. The minimum atomic E-state index is -0.143. The number of hydrogen-bond donors (Lipinski definition) is 1. The maximum atomic E-state index is 11.2. The van der Waals surface area contributed by atoms with Gasteiger partial charge >= 0.3 is 0 Å². The van der Waals surface area contributed by atoms with Gasteiger partial charge in [0.2, 0.25) is 0 Å². The zero-order valence-electron chi connectivity index (χ0n) is 9.93. The summed E-state index contributed by atoms with van der Waals surface area (Å²) in [6, 6.07) is 5.58. The second-order valence-electron chi connectivity index (χ2n) is 3.80. The lowest BCUT2D eigenvalue weighted by molar-refractivity contribution is -0.118. The van der Waals surface area contributed by atoms with Gasteiger partial charge in [0.15, 0.2) is 11.7 Å². The molecule has 0 aliphatic carbocycles. The normalized spacial score (nSPS) is 13.9. The van der Waals surface area contributed by atoms with Crippen molar-refractivity contribution in [2.75, 3.05) is 17.7 Å². The summed E-state index contributed by atoms with van der Waals surface area (Å²) < 4.78 is 5.26. The number of amides is 1. The molecular formula is C13H13NO3S. The molecule has 0 bridgehead atoms. The molecule has 18 heavy (non-hydrogen) atoms. The number of thioether (sulfide) groups is 1. The highest BCUT2D eigenvalue weighted by atomic mass is 32.2. The number of nitrogens with one attached hydrogen (secondary N) is 1. The van der Waals surface area contributed by atoms with Crippen molar-refractivity contribution in [2.45, 2.75) is 6.92 Å². The molecule has 1 aromatic rings. The Morgan fingerprint density at radius 1 is 1.56 bits per heavy atom. The summed E-state index contributed by atoms with van der Waals surface area (Å²) in [5.41, 5.74) is 1.65. The number of anilines is 1. The molecule has 0 atom stereocenters. The first-order chi connectivity index (χ1) is 8.65. The monoisotopic (exact) mass is 263 g/mol. The summed E-state index contributed by atoms with van der Waals surface area (Å²) in [7, 11) is 0. The largest absolute Gasteiger partial charge is 0.482 e. The van der Waals surface area contributed by atoms with Crippen LogP contribution in [0, 0.1) is 0 Å². The second kappa shape index (κ2) is 5.73. The van der Waals surface area contributed by atoms with Crippen LogP contribution in [0.15, 0.2) is 24.3 Å². The first kappa shape index (κ1) is 12.7. The first-order valence-electron chi connectivity index (χ1n) is 5.52. The maximum absolute atomic E-state index is 11.2. The third kappa shape index (κ3) is 3.37. The van der Waals surface area contributed by atoms with Crippen LogP contribution in [0.4, 0.5) is 5.69 Å². The fourth-order valence-corrected chi connectivity index (χ4v) is 1.98. The van der Waals surface area contributed by atoms with E-state index in [-0.39, 0.29) is 17.6 Å². The Labute approximate surface area is 109 Å². The van der Waals surface area contributed by atoms with E-state index in [1.54, 1.807) is 6.92 Å². The Morgan fingerprint density at radius 2 is 2.39 bits per heavy atom. The van der Waals surface area contributed by atoms with E-state index in [0.717, 1.165) is 5.56 Å². The van der Waals surface area contributed by atoms with Gasteiger partial charge in [-0.05, 0) is 17.7 Å². The smallest absolute Gasteiger partial charge is 0.262 e. The molecule has 0 saturated heterocycles. The van der Waals surface area contributed by atoms with Crippen LogP contribution in [0.25, 0.3) is 6.08 Å². The van der Waals surface area contributed by atoms with E-state index < -0.39 is 0 Å². The van der Waals surface area contributed by atoms with E-state index in [1.807, 2.05) is 30.4 Å². The summed E-state index contributed by atoms with van der Waals surface area (Å²) in [6.45, 7) is 1.61. The lowest BCUT2D eigenvalue weighted by Gasteiger charge is -2.17. The van der Waals surface area contributed by atoms with Gasteiger partial charge in [-0.2, -0.15) is 0 Å². The predicted molar refractivity (Wildman–Crippen MR) is 72.7 cm³/mol. The molecule has 94 valence electrons. The SMILES string of the molecule is CC(=O)SCC=Cc1ccc2c(c1)NC(=O)CO2.